The maximum atomic E-state index is 12.1. The topological polar surface area (TPSA) is 29.5 Å². The summed E-state index contributed by atoms with van der Waals surface area (Å²) in [5.74, 6) is 0.746. The second kappa shape index (κ2) is 4.97. The minimum atomic E-state index is -0.0226. The van der Waals surface area contributed by atoms with Gasteiger partial charge in [0, 0.05) is 19.0 Å². The number of carbonyl (C=O) groups is 1. The summed E-state index contributed by atoms with van der Waals surface area (Å²) in [4.78, 5) is 14.0. The maximum absolute atomic E-state index is 12.1. The van der Waals surface area contributed by atoms with Crippen LogP contribution in [0, 0.1) is 18.8 Å². The molecule has 2 aliphatic rings. The van der Waals surface area contributed by atoms with E-state index in [2.05, 4.69) is 6.92 Å². The summed E-state index contributed by atoms with van der Waals surface area (Å²) in [6.45, 7) is 6.93. The minimum Gasteiger partial charge on any atom is -0.378 e. The molecule has 2 fully saturated rings. The third-order valence-electron chi connectivity index (χ3n) is 3.61. The number of hydrogen-bond donors (Lipinski definition) is 0. The highest BCUT2D eigenvalue weighted by Gasteiger charge is 2.30. The zero-order valence-corrected chi connectivity index (χ0v) is 9.28. The van der Waals surface area contributed by atoms with Crippen molar-refractivity contribution in [2.45, 2.75) is 25.7 Å². The molecule has 85 valence electrons. The standard InChI is InChI=1S/C12H20NO2/c1-10(11-4-2-3-5-11)12(14)13-6-8-15-9-7-13/h10-11H,1-9H2. The molecule has 0 bridgehead atoms. The maximum Gasteiger partial charge on any atom is 0.226 e. The van der Waals surface area contributed by atoms with Crippen molar-refractivity contribution in [3.8, 4) is 0 Å². The van der Waals surface area contributed by atoms with Gasteiger partial charge in [-0.3, -0.25) is 4.79 Å². The van der Waals surface area contributed by atoms with Crippen LogP contribution in [-0.2, 0) is 9.53 Å². The van der Waals surface area contributed by atoms with E-state index < -0.39 is 0 Å². The van der Waals surface area contributed by atoms with E-state index in [1.807, 2.05) is 4.90 Å². The first-order valence-electron chi connectivity index (χ1n) is 5.98. The molecule has 1 saturated carbocycles. The largest absolute Gasteiger partial charge is 0.378 e. The molecule has 1 atom stereocenters. The molecular formula is C12H20NO2. The van der Waals surface area contributed by atoms with E-state index in [-0.39, 0.29) is 11.8 Å². The van der Waals surface area contributed by atoms with Gasteiger partial charge < -0.3 is 9.64 Å². The number of ether oxygens (including phenoxy) is 1. The second-order valence-corrected chi connectivity index (χ2v) is 4.59. The molecule has 15 heavy (non-hydrogen) atoms. The first-order chi connectivity index (χ1) is 7.29. The van der Waals surface area contributed by atoms with Crippen molar-refractivity contribution in [3.05, 3.63) is 6.92 Å². The molecule has 1 saturated heterocycles. The third kappa shape index (κ3) is 2.51. The fourth-order valence-corrected chi connectivity index (χ4v) is 2.58. The van der Waals surface area contributed by atoms with Crippen molar-refractivity contribution in [2.75, 3.05) is 26.3 Å². The Morgan fingerprint density at radius 2 is 1.87 bits per heavy atom. The van der Waals surface area contributed by atoms with Gasteiger partial charge in [0.05, 0.1) is 13.2 Å². The van der Waals surface area contributed by atoms with Gasteiger partial charge in [-0.05, 0) is 25.7 Å². The number of carbonyl (C=O) groups excluding carboxylic acids is 1. The third-order valence-corrected chi connectivity index (χ3v) is 3.61. The molecule has 0 spiro atoms. The van der Waals surface area contributed by atoms with Gasteiger partial charge in [0.2, 0.25) is 5.91 Å². The van der Waals surface area contributed by atoms with E-state index in [0.717, 1.165) is 13.1 Å². The van der Waals surface area contributed by atoms with E-state index in [9.17, 15) is 4.79 Å². The lowest BCUT2D eigenvalue weighted by Crippen LogP contribution is -2.44. The van der Waals surface area contributed by atoms with Crippen LogP contribution in [0.15, 0.2) is 0 Å². The molecule has 1 radical (unpaired) electrons. The van der Waals surface area contributed by atoms with Crippen LogP contribution in [-0.4, -0.2) is 37.1 Å². The van der Waals surface area contributed by atoms with Crippen LogP contribution >= 0.6 is 0 Å². The summed E-state index contributed by atoms with van der Waals surface area (Å²) in [7, 11) is 0. The number of morpholine rings is 1. The number of nitrogens with zero attached hydrogens (tertiary/aromatic N) is 1. The zero-order valence-electron chi connectivity index (χ0n) is 9.28. The van der Waals surface area contributed by atoms with Gasteiger partial charge in [0.25, 0.3) is 0 Å². The number of amides is 1. The lowest BCUT2D eigenvalue weighted by molar-refractivity contribution is -0.139. The van der Waals surface area contributed by atoms with Crippen LogP contribution in [0.3, 0.4) is 0 Å². The highest BCUT2D eigenvalue weighted by Crippen LogP contribution is 2.32. The predicted molar refractivity (Wildman–Crippen MR) is 58.2 cm³/mol. The molecule has 3 nitrogen and oxygen atoms in total. The molecule has 1 aliphatic carbocycles. The van der Waals surface area contributed by atoms with Crippen LogP contribution in [0.1, 0.15) is 25.7 Å². The Morgan fingerprint density at radius 3 is 2.47 bits per heavy atom. The van der Waals surface area contributed by atoms with E-state index in [1.54, 1.807) is 0 Å². The lowest BCUT2D eigenvalue weighted by atomic mass is 9.91. The molecular weight excluding hydrogens is 190 g/mol. The summed E-state index contributed by atoms with van der Waals surface area (Å²) in [6, 6.07) is 0. The van der Waals surface area contributed by atoms with Gasteiger partial charge in [-0.25, -0.2) is 0 Å². The molecule has 0 aromatic rings. The van der Waals surface area contributed by atoms with E-state index in [4.69, 9.17) is 4.74 Å². The van der Waals surface area contributed by atoms with Gasteiger partial charge >= 0.3 is 0 Å². The summed E-state index contributed by atoms with van der Waals surface area (Å²) in [5, 5.41) is 0. The van der Waals surface area contributed by atoms with Crippen LogP contribution in [0.5, 0.6) is 0 Å². The molecule has 0 N–H and O–H groups in total. The fourth-order valence-electron chi connectivity index (χ4n) is 2.58. The molecule has 1 amide bonds. The van der Waals surface area contributed by atoms with Crippen molar-refractivity contribution in [1.29, 1.82) is 0 Å². The van der Waals surface area contributed by atoms with Gasteiger partial charge in [0.15, 0.2) is 0 Å². The minimum absolute atomic E-state index is 0.0226. The summed E-state index contributed by atoms with van der Waals surface area (Å²) < 4.78 is 5.24. The van der Waals surface area contributed by atoms with Crippen LogP contribution < -0.4 is 0 Å². The van der Waals surface area contributed by atoms with E-state index in [0.29, 0.717) is 19.1 Å². The summed E-state index contributed by atoms with van der Waals surface area (Å²) >= 11 is 0. The quantitative estimate of drug-likeness (QED) is 0.691. The Bertz CT molecular complexity index is 218. The second-order valence-electron chi connectivity index (χ2n) is 4.59. The summed E-state index contributed by atoms with van der Waals surface area (Å²) in [5.41, 5.74) is 0. The van der Waals surface area contributed by atoms with E-state index in [1.165, 1.54) is 25.7 Å². The fraction of sp³-hybridized carbons (Fsp3) is 0.833. The van der Waals surface area contributed by atoms with Crippen molar-refractivity contribution in [3.63, 3.8) is 0 Å². The van der Waals surface area contributed by atoms with Gasteiger partial charge in [-0.15, -0.1) is 0 Å². The van der Waals surface area contributed by atoms with Crippen molar-refractivity contribution < 1.29 is 9.53 Å². The van der Waals surface area contributed by atoms with Crippen molar-refractivity contribution >= 4 is 5.91 Å². The van der Waals surface area contributed by atoms with Crippen molar-refractivity contribution in [2.24, 2.45) is 11.8 Å². The van der Waals surface area contributed by atoms with Gasteiger partial charge in [-0.1, -0.05) is 12.8 Å². The van der Waals surface area contributed by atoms with E-state index >= 15 is 0 Å². The summed E-state index contributed by atoms with van der Waals surface area (Å²) in [6.07, 6.45) is 4.91. The highest BCUT2D eigenvalue weighted by molar-refractivity contribution is 5.79. The van der Waals surface area contributed by atoms with Crippen molar-refractivity contribution in [1.82, 2.24) is 4.90 Å². The Kier molecular flexibility index (Phi) is 3.62. The Hall–Kier alpha value is -0.570. The molecule has 0 aromatic heterocycles. The van der Waals surface area contributed by atoms with Crippen LogP contribution in [0.4, 0.5) is 0 Å². The molecule has 2 rings (SSSR count). The normalized spacial score (nSPS) is 25.5. The number of rotatable bonds is 2. The zero-order chi connectivity index (χ0) is 10.7. The Labute approximate surface area is 91.8 Å². The lowest BCUT2D eigenvalue weighted by Gasteiger charge is -2.31. The smallest absolute Gasteiger partial charge is 0.226 e. The SMILES string of the molecule is [CH2]C(C(=O)N1CCOCC1)C1CCCC1. The Morgan fingerprint density at radius 1 is 1.27 bits per heavy atom. The van der Waals surface area contributed by atoms with Gasteiger partial charge in [0.1, 0.15) is 0 Å². The average molecular weight is 210 g/mol. The Balaban J connectivity index is 1.87. The van der Waals surface area contributed by atoms with Crippen LogP contribution in [0.2, 0.25) is 0 Å². The molecule has 3 heteroatoms. The van der Waals surface area contributed by atoms with Crippen LogP contribution in [0.25, 0.3) is 0 Å². The number of hydrogen-bond acceptors (Lipinski definition) is 2. The molecule has 1 unspecified atom stereocenters. The van der Waals surface area contributed by atoms with Gasteiger partial charge in [-0.2, -0.15) is 0 Å². The molecule has 1 aliphatic heterocycles. The first-order valence-corrected chi connectivity index (χ1v) is 5.98. The molecule has 1 heterocycles. The molecule has 0 aromatic carbocycles. The average Bonchev–Trinajstić information content (AvgIpc) is 2.82. The predicted octanol–water partition coefficient (Wildman–Crippen LogP) is 1.49. The monoisotopic (exact) mass is 210 g/mol. The first kappa shape index (κ1) is 10.9. The highest BCUT2D eigenvalue weighted by atomic mass is 16.5.